The Morgan fingerprint density at radius 2 is 1.79 bits per heavy atom. The highest BCUT2D eigenvalue weighted by atomic mass is 16.2. The lowest BCUT2D eigenvalue weighted by molar-refractivity contribution is -0.115. The average molecular weight is 193 g/mol. The summed E-state index contributed by atoms with van der Waals surface area (Å²) in [7, 11) is 0. The molecule has 0 N–H and O–H groups in total. The number of aromatic nitrogens is 1. The molecule has 0 bridgehead atoms. The van der Waals surface area contributed by atoms with Crippen LogP contribution in [0.15, 0.2) is 24.5 Å². The summed E-state index contributed by atoms with van der Waals surface area (Å²) in [4.78, 5) is 22.8. The second kappa shape index (κ2) is 5.37. The number of nitrogens with zero attached hydrogens (tertiary/aromatic N) is 1. The first-order valence-corrected chi connectivity index (χ1v) is 4.96. The summed E-state index contributed by atoms with van der Waals surface area (Å²) in [6.45, 7) is 2.07. The van der Waals surface area contributed by atoms with Crippen LogP contribution in [0.4, 0.5) is 0 Å². The smallest absolute Gasteiger partial charge is 0.289 e. The Balaban J connectivity index is 2.42. The van der Waals surface area contributed by atoms with E-state index in [-0.39, 0.29) is 5.78 Å². The van der Waals surface area contributed by atoms with Crippen molar-refractivity contribution in [1.29, 1.82) is 0 Å². The fourth-order valence-electron chi connectivity index (χ4n) is 1.26. The van der Waals surface area contributed by atoms with Crippen molar-refractivity contribution in [3.63, 3.8) is 0 Å². The molecule has 0 amide bonds. The highest BCUT2D eigenvalue weighted by Gasteiger charge is 2.13. The van der Waals surface area contributed by atoms with E-state index in [2.05, 4.69) is 6.92 Å². The molecule has 3 heteroatoms. The van der Waals surface area contributed by atoms with E-state index >= 15 is 0 Å². The number of ketones is 1. The standard InChI is InChI=1S/C11H15NO2/c1-2-3-4-7-10(13)11(14)12-8-5-6-9-12/h5-6,8-9H,2-4,7H2,1H3. The van der Waals surface area contributed by atoms with Gasteiger partial charge in [0.1, 0.15) is 0 Å². The number of unbranched alkanes of at least 4 members (excludes halogenated alkanes) is 2. The molecule has 0 spiro atoms. The zero-order valence-electron chi connectivity index (χ0n) is 8.40. The summed E-state index contributed by atoms with van der Waals surface area (Å²) in [6.07, 6.45) is 6.43. The van der Waals surface area contributed by atoms with Gasteiger partial charge < -0.3 is 0 Å². The van der Waals surface area contributed by atoms with Gasteiger partial charge in [-0.15, -0.1) is 0 Å². The van der Waals surface area contributed by atoms with Gasteiger partial charge in [0, 0.05) is 18.8 Å². The molecule has 1 rings (SSSR count). The lowest BCUT2D eigenvalue weighted by Gasteiger charge is -2.00. The van der Waals surface area contributed by atoms with Gasteiger partial charge in [-0.2, -0.15) is 0 Å². The molecule has 0 saturated heterocycles. The van der Waals surface area contributed by atoms with Crippen LogP contribution in [0, 0.1) is 0 Å². The minimum absolute atomic E-state index is 0.297. The van der Waals surface area contributed by atoms with E-state index in [1.807, 2.05) is 0 Å². The topological polar surface area (TPSA) is 39.1 Å². The van der Waals surface area contributed by atoms with Gasteiger partial charge in [-0.1, -0.05) is 19.8 Å². The number of carbonyl (C=O) groups is 2. The fraction of sp³-hybridized carbons (Fsp3) is 0.455. The van der Waals surface area contributed by atoms with Gasteiger partial charge in [0.25, 0.3) is 5.91 Å². The van der Waals surface area contributed by atoms with Crippen LogP contribution >= 0.6 is 0 Å². The van der Waals surface area contributed by atoms with Crippen molar-refractivity contribution in [3.8, 4) is 0 Å². The quantitative estimate of drug-likeness (QED) is 0.531. The summed E-state index contributed by atoms with van der Waals surface area (Å²) < 4.78 is 1.33. The number of Topliss-reactive ketones (excluding diaryl/α,β-unsaturated/α-hetero) is 1. The third-order valence-electron chi connectivity index (χ3n) is 2.08. The summed E-state index contributed by atoms with van der Waals surface area (Å²) in [5.74, 6) is -0.722. The first-order valence-electron chi connectivity index (χ1n) is 4.96. The van der Waals surface area contributed by atoms with Crippen LogP contribution in [0.3, 0.4) is 0 Å². The molecule has 0 radical (unpaired) electrons. The highest BCUT2D eigenvalue weighted by molar-refractivity contribution is 6.36. The maximum absolute atomic E-state index is 11.4. The molecule has 0 unspecified atom stereocenters. The van der Waals surface area contributed by atoms with Crippen molar-refractivity contribution in [3.05, 3.63) is 24.5 Å². The zero-order valence-corrected chi connectivity index (χ0v) is 8.40. The van der Waals surface area contributed by atoms with Crippen LogP contribution in [0.2, 0.25) is 0 Å². The first-order chi connectivity index (χ1) is 6.75. The lowest BCUT2D eigenvalue weighted by Crippen LogP contribution is -2.19. The Morgan fingerprint density at radius 1 is 1.14 bits per heavy atom. The van der Waals surface area contributed by atoms with Gasteiger partial charge in [-0.05, 0) is 18.6 Å². The molecule has 0 saturated carbocycles. The Labute approximate surface area is 83.7 Å². The van der Waals surface area contributed by atoms with E-state index in [1.54, 1.807) is 24.5 Å². The van der Waals surface area contributed by atoms with Crippen molar-refractivity contribution in [1.82, 2.24) is 4.57 Å². The molecule has 0 aliphatic heterocycles. The number of hydrogen-bond acceptors (Lipinski definition) is 2. The molecule has 14 heavy (non-hydrogen) atoms. The van der Waals surface area contributed by atoms with Crippen molar-refractivity contribution in [2.24, 2.45) is 0 Å². The van der Waals surface area contributed by atoms with Crippen molar-refractivity contribution in [2.75, 3.05) is 0 Å². The Bertz CT molecular complexity index is 301. The van der Waals surface area contributed by atoms with Crippen molar-refractivity contribution in [2.45, 2.75) is 32.6 Å². The lowest BCUT2D eigenvalue weighted by atomic mass is 10.1. The molecular formula is C11H15NO2. The Hall–Kier alpha value is -1.38. The second-order valence-corrected chi connectivity index (χ2v) is 3.28. The van der Waals surface area contributed by atoms with E-state index in [0.29, 0.717) is 6.42 Å². The van der Waals surface area contributed by atoms with Crippen molar-refractivity contribution < 1.29 is 9.59 Å². The summed E-state index contributed by atoms with van der Waals surface area (Å²) in [6, 6.07) is 3.47. The van der Waals surface area contributed by atoms with E-state index < -0.39 is 5.91 Å². The summed E-state index contributed by atoms with van der Waals surface area (Å²) >= 11 is 0. The zero-order chi connectivity index (χ0) is 10.4. The highest BCUT2D eigenvalue weighted by Crippen LogP contribution is 2.01. The molecule has 0 aromatic carbocycles. The molecule has 76 valence electrons. The molecule has 0 atom stereocenters. The second-order valence-electron chi connectivity index (χ2n) is 3.28. The van der Waals surface area contributed by atoms with Gasteiger partial charge in [0.15, 0.2) is 0 Å². The van der Waals surface area contributed by atoms with Crippen LogP contribution in [-0.2, 0) is 4.79 Å². The molecular weight excluding hydrogens is 178 g/mol. The normalized spacial score (nSPS) is 10.1. The predicted octanol–water partition coefficient (Wildman–Crippen LogP) is 2.28. The first kappa shape index (κ1) is 10.7. The van der Waals surface area contributed by atoms with Crippen LogP contribution in [-0.4, -0.2) is 16.3 Å². The van der Waals surface area contributed by atoms with Gasteiger partial charge in [-0.3, -0.25) is 14.2 Å². The van der Waals surface area contributed by atoms with Crippen LogP contribution < -0.4 is 0 Å². The maximum Gasteiger partial charge on any atom is 0.297 e. The van der Waals surface area contributed by atoms with E-state index in [4.69, 9.17) is 0 Å². The molecule has 0 aliphatic rings. The fourth-order valence-corrected chi connectivity index (χ4v) is 1.26. The largest absolute Gasteiger partial charge is 0.297 e. The Morgan fingerprint density at radius 3 is 2.36 bits per heavy atom. The molecule has 1 aromatic rings. The van der Waals surface area contributed by atoms with Gasteiger partial charge in [-0.25, -0.2) is 0 Å². The Kier molecular flexibility index (Phi) is 4.11. The van der Waals surface area contributed by atoms with Crippen LogP contribution in [0.1, 0.15) is 37.4 Å². The summed E-state index contributed by atoms with van der Waals surface area (Å²) in [5.41, 5.74) is 0. The maximum atomic E-state index is 11.4. The number of carbonyl (C=O) groups excluding carboxylic acids is 2. The number of hydrogen-bond donors (Lipinski definition) is 0. The SMILES string of the molecule is CCCCCC(=O)C(=O)n1cccc1. The molecule has 3 nitrogen and oxygen atoms in total. The monoisotopic (exact) mass is 193 g/mol. The third-order valence-corrected chi connectivity index (χ3v) is 2.08. The average Bonchev–Trinajstić information content (AvgIpc) is 2.69. The van der Waals surface area contributed by atoms with Gasteiger partial charge in [0.05, 0.1) is 0 Å². The van der Waals surface area contributed by atoms with E-state index in [0.717, 1.165) is 19.3 Å². The van der Waals surface area contributed by atoms with Crippen LogP contribution in [0.5, 0.6) is 0 Å². The summed E-state index contributed by atoms with van der Waals surface area (Å²) in [5, 5.41) is 0. The van der Waals surface area contributed by atoms with Gasteiger partial charge >= 0.3 is 0 Å². The van der Waals surface area contributed by atoms with Crippen molar-refractivity contribution >= 4 is 11.7 Å². The third kappa shape index (κ3) is 2.83. The van der Waals surface area contributed by atoms with E-state index in [1.165, 1.54) is 4.57 Å². The number of rotatable bonds is 5. The van der Waals surface area contributed by atoms with E-state index in [9.17, 15) is 9.59 Å². The molecule has 1 heterocycles. The molecule has 0 fully saturated rings. The van der Waals surface area contributed by atoms with Crippen LogP contribution in [0.25, 0.3) is 0 Å². The van der Waals surface area contributed by atoms with Gasteiger partial charge in [0.2, 0.25) is 5.78 Å². The molecule has 0 aliphatic carbocycles. The predicted molar refractivity (Wildman–Crippen MR) is 54.2 cm³/mol. The minimum atomic E-state index is -0.425. The molecule has 1 aromatic heterocycles. The minimum Gasteiger partial charge on any atom is -0.289 e.